The minimum absolute atomic E-state index is 0.181. The summed E-state index contributed by atoms with van der Waals surface area (Å²) in [5.41, 5.74) is 4.10. The van der Waals surface area contributed by atoms with Crippen LogP contribution in [0.4, 0.5) is 0 Å². The Kier molecular flexibility index (Phi) is 4.26. The molecular weight excluding hydrogens is 282 g/mol. The number of rotatable bonds is 4. The standard InChI is InChI=1S/C12H17N3O6/c1-5-3-15(12(20)14-10(5)19)11-9(18)6(2-8(13)17)7(4-16)21-11/h3,6-7,9,11,16,18H,2,4H2,1H3,(H2,13,17)(H,14,19,20)/t6-,7-,9-,11-/m1/s1. The fraction of sp³-hybridized carbons (Fsp3) is 0.583. The normalized spacial score (nSPS) is 28.7. The van der Waals surface area contributed by atoms with Crippen LogP contribution in [0.5, 0.6) is 0 Å². The van der Waals surface area contributed by atoms with Crippen LogP contribution in [-0.2, 0) is 9.53 Å². The van der Waals surface area contributed by atoms with Crippen LogP contribution < -0.4 is 17.0 Å². The molecule has 1 aromatic heterocycles. The van der Waals surface area contributed by atoms with Crippen LogP contribution in [0.3, 0.4) is 0 Å². The Morgan fingerprint density at radius 2 is 2.19 bits per heavy atom. The zero-order valence-corrected chi connectivity index (χ0v) is 11.4. The molecule has 1 fully saturated rings. The van der Waals surface area contributed by atoms with Crippen molar-refractivity contribution in [3.63, 3.8) is 0 Å². The third-order valence-corrected chi connectivity index (χ3v) is 3.56. The second-order valence-electron chi connectivity index (χ2n) is 5.05. The Hall–Kier alpha value is -1.97. The van der Waals surface area contributed by atoms with E-state index >= 15 is 0 Å². The van der Waals surface area contributed by atoms with Gasteiger partial charge in [0, 0.05) is 24.1 Å². The molecule has 0 bridgehead atoms. The quantitative estimate of drug-likeness (QED) is 0.486. The van der Waals surface area contributed by atoms with E-state index in [0.717, 1.165) is 4.57 Å². The monoisotopic (exact) mass is 299 g/mol. The maximum atomic E-state index is 11.8. The van der Waals surface area contributed by atoms with E-state index in [0.29, 0.717) is 0 Å². The van der Waals surface area contributed by atoms with Crippen LogP contribution in [-0.4, -0.2) is 44.5 Å². The molecule has 9 nitrogen and oxygen atoms in total. The van der Waals surface area contributed by atoms with Gasteiger partial charge in [-0.2, -0.15) is 0 Å². The van der Waals surface area contributed by atoms with Gasteiger partial charge in [0.1, 0.15) is 6.10 Å². The van der Waals surface area contributed by atoms with Gasteiger partial charge in [-0.15, -0.1) is 0 Å². The van der Waals surface area contributed by atoms with Crippen LogP contribution in [0, 0.1) is 12.8 Å². The summed E-state index contributed by atoms with van der Waals surface area (Å²) < 4.78 is 6.46. The van der Waals surface area contributed by atoms with Crippen molar-refractivity contribution in [3.8, 4) is 0 Å². The number of aryl methyl sites for hydroxylation is 1. The smallest absolute Gasteiger partial charge is 0.330 e. The molecule has 1 saturated heterocycles. The van der Waals surface area contributed by atoms with Gasteiger partial charge in [0.25, 0.3) is 5.56 Å². The number of hydrogen-bond donors (Lipinski definition) is 4. The topological polar surface area (TPSA) is 148 Å². The number of carbonyl (C=O) groups excluding carboxylic acids is 1. The number of nitrogens with zero attached hydrogens (tertiary/aromatic N) is 1. The number of carbonyl (C=O) groups is 1. The molecule has 1 aliphatic heterocycles. The van der Waals surface area contributed by atoms with Gasteiger partial charge in [-0.3, -0.25) is 19.1 Å². The molecule has 4 atom stereocenters. The predicted molar refractivity (Wildman–Crippen MR) is 70.4 cm³/mol. The molecule has 116 valence electrons. The summed E-state index contributed by atoms with van der Waals surface area (Å²) in [6.45, 7) is 1.07. The molecule has 0 spiro atoms. The second-order valence-corrected chi connectivity index (χ2v) is 5.05. The number of amides is 1. The number of ether oxygens (including phenoxy) is 1. The first-order chi connectivity index (χ1) is 9.85. The second kappa shape index (κ2) is 5.80. The Morgan fingerprint density at radius 3 is 2.76 bits per heavy atom. The van der Waals surface area contributed by atoms with Crippen LogP contribution in [0.1, 0.15) is 18.2 Å². The lowest BCUT2D eigenvalue weighted by molar-refractivity contribution is -0.120. The molecule has 0 aromatic carbocycles. The zero-order chi connectivity index (χ0) is 15.7. The summed E-state index contributed by atoms with van der Waals surface area (Å²) in [6.07, 6.45) is -2.06. The fourth-order valence-corrected chi connectivity index (χ4v) is 2.46. The van der Waals surface area contributed by atoms with E-state index in [-0.39, 0.29) is 12.0 Å². The van der Waals surface area contributed by atoms with Crippen molar-refractivity contribution in [1.82, 2.24) is 9.55 Å². The van der Waals surface area contributed by atoms with Crippen LogP contribution >= 0.6 is 0 Å². The highest BCUT2D eigenvalue weighted by Crippen LogP contribution is 2.34. The van der Waals surface area contributed by atoms with Crippen LogP contribution in [0.25, 0.3) is 0 Å². The number of nitrogens with one attached hydrogen (secondary N) is 1. The average Bonchev–Trinajstić information content (AvgIpc) is 2.71. The maximum Gasteiger partial charge on any atom is 0.330 e. The highest BCUT2D eigenvalue weighted by molar-refractivity contribution is 5.74. The SMILES string of the molecule is Cc1cn([C@@H]2O[C@H](CO)[C@@H](CC(N)=O)[C@H]2O)c(=O)[nH]c1=O. The van der Waals surface area contributed by atoms with E-state index in [2.05, 4.69) is 4.98 Å². The lowest BCUT2D eigenvalue weighted by Crippen LogP contribution is -2.37. The molecule has 2 heterocycles. The van der Waals surface area contributed by atoms with E-state index < -0.39 is 48.1 Å². The van der Waals surface area contributed by atoms with Crippen molar-refractivity contribution in [2.75, 3.05) is 6.61 Å². The van der Waals surface area contributed by atoms with Gasteiger partial charge in [-0.05, 0) is 6.92 Å². The van der Waals surface area contributed by atoms with E-state index in [1.165, 1.54) is 13.1 Å². The molecule has 0 saturated carbocycles. The first-order valence-corrected chi connectivity index (χ1v) is 6.40. The van der Waals surface area contributed by atoms with Gasteiger partial charge in [0.05, 0.1) is 12.7 Å². The molecule has 1 aliphatic rings. The summed E-state index contributed by atoms with van der Waals surface area (Å²) >= 11 is 0. The molecule has 5 N–H and O–H groups in total. The summed E-state index contributed by atoms with van der Waals surface area (Å²) in [5, 5.41) is 19.5. The summed E-state index contributed by atoms with van der Waals surface area (Å²) in [6, 6.07) is 0. The van der Waals surface area contributed by atoms with Gasteiger partial charge in [-0.25, -0.2) is 4.79 Å². The lowest BCUT2D eigenvalue weighted by atomic mass is 9.94. The van der Waals surface area contributed by atoms with Crippen molar-refractivity contribution in [1.29, 1.82) is 0 Å². The van der Waals surface area contributed by atoms with Crippen molar-refractivity contribution >= 4 is 5.91 Å². The minimum atomic E-state index is -1.21. The first kappa shape index (κ1) is 15.4. The van der Waals surface area contributed by atoms with Crippen LogP contribution in [0.2, 0.25) is 0 Å². The predicted octanol–water partition coefficient (Wildman–Crippen LogP) is -2.41. The van der Waals surface area contributed by atoms with Crippen LogP contribution in [0.15, 0.2) is 15.8 Å². The first-order valence-electron chi connectivity index (χ1n) is 6.40. The lowest BCUT2D eigenvalue weighted by Gasteiger charge is -2.18. The number of primary amides is 1. The van der Waals surface area contributed by atoms with Gasteiger partial charge in [0.15, 0.2) is 6.23 Å². The fourth-order valence-electron chi connectivity index (χ4n) is 2.46. The largest absolute Gasteiger partial charge is 0.394 e. The number of nitrogens with two attached hydrogens (primary N) is 1. The highest BCUT2D eigenvalue weighted by Gasteiger charge is 2.45. The van der Waals surface area contributed by atoms with E-state index in [1.807, 2.05) is 0 Å². The van der Waals surface area contributed by atoms with Crippen molar-refractivity contribution in [2.45, 2.75) is 31.8 Å². The Bertz CT molecular complexity index is 651. The number of aromatic nitrogens is 2. The van der Waals surface area contributed by atoms with Crippen molar-refractivity contribution in [3.05, 3.63) is 32.6 Å². The molecular formula is C12H17N3O6. The third-order valence-electron chi connectivity index (χ3n) is 3.56. The molecule has 21 heavy (non-hydrogen) atoms. The Morgan fingerprint density at radius 1 is 1.52 bits per heavy atom. The van der Waals surface area contributed by atoms with E-state index in [1.54, 1.807) is 0 Å². The average molecular weight is 299 g/mol. The number of H-pyrrole nitrogens is 1. The molecule has 0 unspecified atom stereocenters. The van der Waals surface area contributed by atoms with Gasteiger partial charge < -0.3 is 20.7 Å². The molecule has 1 amide bonds. The molecule has 0 aliphatic carbocycles. The zero-order valence-electron chi connectivity index (χ0n) is 11.4. The van der Waals surface area contributed by atoms with Crippen molar-refractivity contribution < 1.29 is 19.7 Å². The van der Waals surface area contributed by atoms with Gasteiger partial charge in [0.2, 0.25) is 5.91 Å². The molecule has 0 radical (unpaired) electrons. The summed E-state index contributed by atoms with van der Waals surface area (Å²) in [5.74, 6) is -1.37. The molecule has 1 aromatic rings. The Labute approximate surface area is 119 Å². The number of aromatic amines is 1. The maximum absolute atomic E-state index is 11.8. The molecule has 2 rings (SSSR count). The van der Waals surface area contributed by atoms with Gasteiger partial charge >= 0.3 is 5.69 Å². The summed E-state index contributed by atoms with van der Waals surface area (Å²) in [4.78, 5) is 36.3. The highest BCUT2D eigenvalue weighted by atomic mass is 16.5. The number of aliphatic hydroxyl groups excluding tert-OH is 2. The number of aliphatic hydroxyl groups is 2. The Balaban J connectivity index is 2.37. The van der Waals surface area contributed by atoms with Gasteiger partial charge in [-0.1, -0.05) is 0 Å². The minimum Gasteiger partial charge on any atom is -0.394 e. The van der Waals surface area contributed by atoms with E-state index in [4.69, 9.17) is 10.5 Å². The molecule has 9 heteroatoms. The third kappa shape index (κ3) is 2.89. The van der Waals surface area contributed by atoms with Crippen molar-refractivity contribution in [2.24, 2.45) is 11.7 Å². The van der Waals surface area contributed by atoms with E-state index in [9.17, 15) is 24.6 Å². The summed E-state index contributed by atoms with van der Waals surface area (Å²) in [7, 11) is 0. The number of hydrogen-bond acceptors (Lipinski definition) is 6.